The molecule has 0 radical (unpaired) electrons. The first-order valence-electron chi connectivity index (χ1n) is 3.18. The maximum Gasteiger partial charge on any atom is 0.158 e. The lowest BCUT2D eigenvalue weighted by molar-refractivity contribution is 0.123. The molecule has 0 saturated carbocycles. The molecule has 0 rings (SSSR count). The van der Waals surface area contributed by atoms with E-state index in [0.29, 0.717) is 13.2 Å². The van der Waals surface area contributed by atoms with Gasteiger partial charge in [0.1, 0.15) is 0 Å². The Hall–Kier alpha value is -0.123. The second-order valence-electron chi connectivity index (χ2n) is 1.56. The Morgan fingerprint density at radius 1 is 1.56 bits per heavy atom. The fraction of sp³-hybridized carbons (Fsp3) is 0.667. The van der Waals surface area contributed by atoms with E-state index in [0.717, 1.165) is 6.61 Å². The first-order valence-corrected chi connectivity index (χ1v) is 5.17. The van der Waals surface area contributed by atoms with Crippen LogP contribution in [0.4, 0.5) is 0 Å². The van der Waals surface area contributed by atoms with Crippen molar-refractivity contribution in [2.45, 2.75) is 6.55 Å². The standard InChI is InChI=1S/C6H14O2Si/c1-3-4-7-5-6-8-9-2/h3H,1,4-6,9H2,2H3. The molecule has 0 amide bonds. The van der Waals surface area contributed by atoms with Crippen LogP contribution in [-0.2, 0) is 9.16 Å². The smallest absolute Gasteiger partial charge is 0.158 e. The number of hydrogen-bond acceptors (Lipinski definition) is 2. The highest BCUT2D eigenvalue weighted by Crippen LogP contribution is 1.76. The number of ether oxygens (including phenoxy) is 1. The monoisotopic (exact) mass is 146 g/mol. The van der Waals surface area contributed by atoms with E-state index in [2.05, 4.69) is 13.1 Å². The minimum absolute atomic E-state index is 0.226. The zero-order valence-corrected chi connectivity index (χ0v) is 7.34. The molecule has 0 atom stereocenters. The van der Waals surface area contributed by atoms with Gasteiger partial charge in [-0.25, -0.2) is 0 Å². The van der Waals surface area contributed by atoms with E-state index in [9.17, 15) is 0 Å². The third kappa shape index (κ3) is 7.88. The van der Waals surface area contributed by atoms with Gasteiger partial charge in [0.2, 0.25) is 0 Å². The van der Waals surface area contributed by atoms with Gasteiger partial charge in [0.15, 0.2) is 9.76 Å². The molecule has 0 aromatic rings. The fourth-order valence-corrected chi connectivity index (χ4v) is 0.835. The predicted molar refractivity (Wildman–Crippen MR) is 41.4 cm³/mol. The lowest BCUT2D eigenvalue weighted by Gasteiger charge is -1.99. The predicted octanol–water partition coefficient (Wildman–Crippen LogP) is 0.337. The van der Waals surface area contributed by atoms with E-state index in [-0.39, 0.29) is 9.76 Å². The van der Waals surface area contributed by atoms with Gasteiger partial charge >= 0.3 is 0 Å². The molecule has 0 aromatic carbocycles. The lowest BCUT2D eigenvalue weighted by Crippen LogP contribution is -2.04. The van der Waals surface area contributed by atoms with Crippen LogP contribution >= 0.6 is 0 Å². The van der Waals surface area contributed by atoms with E-state index in [1.54, 1.807) is 6.08 Å². The molecule has 9 heavy (non-hydrogen) atoms. The van der Waals surface area contributed by atoms with E-state index >= 15 is 0 Å². The van der Waals surface area contributed by atoms with Crippen molar-refractivity contribution < 1.29 is 9.16 Å². The van der Waals surface area contributed by atoms with Crippen molar-refractivity contribution in [3.8, 4) is 0 Å². The van der Waals surface area contributed by atoms with Gasteiger partial charge in [-0.05, 0) is 0 Å². The molecular formula is C6H14O2Si. The second-order valence-corrected chi connectivity index (χ2v) is 2.55. The van der Waals surface area contributed by atoms with Gasteiger partial charge in [-0.1, -0.05) is 12.6 Å². The van der Waals surface area contributed by atoms with E-state index < -0.39 is 0 Å². The van der Waals surface area contributed by atoms with Gasteiger partial charge in [0.25, 0.3) is 0 Å². The minimum Gasteiger partial charge on any atom is -0.422 e. The molecule has 0 aliphatic rings. The van der Waals surface area contributed by atoms with Crippen molar-refractivity contribution in [3.63, 3.8) is 0 Å². The largest absolute Gasteiger partial charge is 0.422 e. The summed E-state index contributed by atoms with van der Waals surface area (Å²) in [6.45, 7) is 7.71. The Balaban J connectivity index is 2.66. The van der Waals surface area contributed by atoms with Crippen molar-refractivity contribution in [3.05, 3.63) is 12.7 Å². The van der Waals surface area contributed by atoms with Gasteiger partial charge in [0.05, 0.1) is 19.8 Å². The maximum absolute atomic E-state index is 5.16. The van der Waals surface area contributed by atoms with E-state index in [1.807, 2.05) is 0 Å². The first-order chi connectivity index (χ1) is 4.41. The molecule has 0 aliphatic heterocycles. The number of rotatable bonds is 6. The van der Waals surface area contributed by atoms with Crippen molar-refractivity contribution >= 4 is 9.76 Å². The molecule has 0 aliphatic carbocycles. The van der Waals surface area contributed by atoms with Crippen molar-refractivity contribution in [1.82, 2.24) is 0 Å². The quantitative estimate of drug-likeness (QED) is 0.305. The highest BCUT2D eigenvalue weighted by Gasteiger charge is 1.82. The summed E-state index contributed by atoms with van der Waals surface area (Å²) in [5.41, 5.74) is 0. The molecule has 2 nitrogen and oxygen atoms in total. The summed E-state index contributed by atoms with van der Waals surface area (Å²) in [5.74, 6) is 0. The third-order valence-electron chi connectivity index (χ3n) is 0.812. The Kier molecular flexibility index (Phi) is 7.77. The topological polar surface area (TPSA) is 18.5 Å². The van der Waals surface area contributed by atoms with Gasteiger partial charge in [-0.3, -0.25) is 0 Å². The van der Waals surface area contributed by atoms with Gasteiger partial charge < -0.3 is 9.16 Å². The fourth-order valence-electron chi connectivity index (χ4n) is 0.429. The molecule has 0 N–H and O–H groups in total. The molecule has 0 fully saturated rings. The van der Waals surface area contributed by atoms with Gasteiger partial charge in [-0.15, -0.1) is 6.58 Å². The highest BCUT2D eigenvalue weighted by atomic mass is 28.2. The van der Waals surface area contributed by atoms with Crippen LogP contribution in [0.5, 0.6) is 0 Å². The molecule has 0 saturated heterocycles. The lowest BCUT2D eigenvalue weighted by atomic mass is 10.7. The average molecular weight is 146 g/mol. The summed E-state index contributed by atoms with van der Waals surface area (Å²) in [5, 5.41) is 0. The van der Waals surface area contributed by atoms with Crippen LogP contribution in [-0.4, -0.2) is 29.6 Å². The summed E-state index contributed by atoms with van der Waals surface area (Å²) in [6, 6.07) is 0. The molecule has 0 aromatic heterocycles. The number of hydrogen-bond donors (Lipinski definition) is 0. The van der Waals surface area contributed by atoms with Crippen LogP contribution in [0.25, 0.3) is 0 Å². The normalized spacial score (nSPS) is 10.8. The average Bonchev–Trinajstić information content (AvgIpc) is 1.89. The van der Waals surface area contributed by atoms with Crippen LogP contribution in [0.2, 0.25) is 6.55 Å². The molecule has 0 unspecified atom stereocenters. The summed E-state index contributed by atoms with van der Waals surface area (Å²) in [6.07, 6.45) is 1.74. The first kappa shape index (κ1) is 8.88. The Morgan fingerprint density at radius 2 is 2.33 bits per heavy atom. The van der Waals surface area contributed by atoms with Gasteiger partial charge in [-0.2, -0.15) is 0 Å². The molecule has 0 heterocycles. The molecule has 0 bridgehead atoms. The maximum atomic E-state index is 5.16. The molecule has 3 heteroatoms. The second kappa shape index (κ2) is 7.88. The third-order valence-corrected chi connectivity index (χ3v) is 1.51. The van der Waals surface area contributed by atoms with E-state index in [1.165, 1.54) is 0 Å². The van der Waals surface area contributed by atoms with Crippen LogP contribution < -0.4 is 0 Å². The van der Waals surface area contributed by atoms with Crippen molar-refractivity contribution in [2.75, 3.05) is 19.8 Å². The van der Waals surface area contributed by atoms with Crippen LogP contribution in [0, 0.1) is 0 Å². The summed E-state index contributed by atoms with van der Waals surface area (Å²) < 4.78 is 10.2. The van der Waals surface area contributed by atoms with E-state index in [4.69, 9.17) is 9.16 Å². The van der Waals surface area contributed by atoms with Crippen LogP contribution in [0.3, 0.4) is 0 Å². The van der Waals surface area contributed by atoms with Gasteiger partial charge in [0, 0.05) is 0 Å². The Labute approximate surface area is 58.8 Å². The zero-order valence-electron chi connectivity index (χ0n) is 5.93. The molecule has 54 valence electrons. The summed E-state index contributed by atoms with van der Waals surface area (Å²) in [4.78, 5) is 0. The van der Waals surface area contributed by atoms with Crippen LogP contribution in [0.15, 0.2) is 12.7 Å². The van der Waals surface area contributed by atoms with Crippen molar-refractivity contribution in [2.24, 2.45) is 0 Å². The SMILES string of the molecule is C=CCOCCO[SiH2]C. The highest BCUT2D eigenvalue weighted by molar-refractivity contribution is 6.24. The molecule has 0 spiro atoms. The van der Waals surface area contributed by atoms with Crippen molar-refractivity contribution in [1.29, 1.82) is 0 Å². The summed E-state index contributed by atoms with van der Waals surface area (Å²) in [7, 11) is -0.226. The Bertz CT molecular complexity index is 66.1. The molecular weight excluding hydrogens is 132 g/mol. The Morgan fingerprint density at radius 3 is 2.89 bits per heavy atom. The zero-order chi connectivity index (χ0) is 6.95. The summed E-state index contributed by atoms with van der Waals surface area (Å²) >= 11 is 0. The van der Waals surface area contributed by atoms with Crippen LogP contribution in [0.1, 0.15) is 0 Å². The minimum atomic E-state index is -0.226.